The van der Waals surface area contributed by atoms with Crippen molar-refractivity contribution < 1.29 is 0 Å². The molecule has 0 fully saturated rings. The Hall–Kier alpha value is -2.76. The van der Waals surface area contributed by atoms with Crippen LogP contribution >= 0.6 is 11.3 Å². The molecule has 0 aliphatic rings. The molecule has 2 aromatic carbocycles. The monoisotopic (exact) mass is 445 g/mol. The molecule has 0 bridgehead atoms. The molecule has 0 radical (unpaired) electrons. The molecule has 0 aliphatic carbocycles. The highest BCUT2D eigenvalue weighted by atomic mass is 32.1. The number of aryl methyl sites for hydroxylation is 3. The van der Waals surface area contributed by atoms with Crippen molar-refractivity contribution in [2.75, 3.05) is 19.6 Å². The zero-order valence-corrected chi connectivity index (χ0v) is 20.4. The number of thiophene rings is 1. The molecule has 2 heterocycles. The predicted octanol–water partition coefficient (Wildman–Crippen LogP) is 6.06. The van der Waals surface area contributed by atoms with E-state index in [-0.39, 0.29) is 5.56 Å². The van der Waals surface area contributed by atoms with E-state index < -0.39 is 0 Å². The first kappa shape index (κ1) is 22.4. The number of fused-ring (bicyclic) bond motifs is 1. The molecule has 166 valence electrons. The lowest BCUT2D eigenvalue weighted by Gasteiger charge is -2.20. The normalized spacial score (nSPS) is 11.6. The van der Waals surface area contributed by atoms with E-state index in [0.29, 0.717) is 6.54 Å². The lowest BCUT2D eigenvalue weighted by molar-refractivity contribution is 0.289. The minimum atomic E-state index is 0.0500. The van der Waals surface area contributed by atoms with E-state index >= 15 is 0 Å². The van der Waals surface area contributed by atoms with Gasteiger partial charge >= 0.3 is 0 Å². The minimum Gasteiger partial charge on any atom is -0.302 e. The molecule has 32 heavy (non-hydrogen) atoms. The van der Waals surface area contributed by atoms with Crippen molar-refractivity contribution in [1.82, 2.24) is 14.5 Å². The number of hydrogen-bond donors (Lipinski definition) is 0. The Kier molecular flexibility index (Phi) is 6.58. The largest absolute Gasteiger partial charge is 0.302 e. The van der Waals surface area contributed by atoms with E-state index in [9.17, 15) is 4.79 Å². The zero-order valence-electron chi connectivity index (χ0n) is 19.6. The second kappa shape index (κ2) is 9.39. The van der Waals surface area contributed by atoms with E-state index in [4.69, 9.17) is 4.98 Å². The highest BCUT2D eigenvalue weighted by Crippen LogP contribution is 2.34. The fraction of sp³-hybridized carbons (Fsp3) is 0.333. The van der Waals surface area contributed by atoms with Crippen LogP contribution in [0.25, 0.3) is 32.7 Å². The summed E-state index contributed by atoms with van der Waals surface area (Å²) in [5, 5.41) is 2.82. The minimum absolute atomic E-state index is 0.0500. The van der Waals surface area contributed by atoms with E-state index in [2.05, 4.69) is 87.4 Å². The Labute approximate surface area is 194 Å². The average molecular weight is 446 g/mol. The van der Waals surface area contributed by atoms with Gasteiger partial charge in [0.05, 0.1) is 5.39 Å². The van der Waals surface area contributed by atoms with Crippen LogP contribution in [-0.2, 0) is 6.54 Å². The molecule has 0 aliphatic heterocycles. The molecule has 0 unspecified atom stereocenters. The van der Waals surface area contributed by atoms with Crippen molar-refractivity contribution in [2.45, 2.75) is 41.2 Å². The lowest BCUT2D eigenvalue weighted by Crippen LogP contribution is -2.32. The lowest BCUT2D eigenvalue weighted by atomic mass is 9.99. The van der Waals surface area contributed by atoms with Gasteiger partial charge in [-0.1, -0.05) is 67.4 Å². The summed E-state index contributed by atoms with van der Waals surface area (Å²) in [5.74, 6) is 0.753. The molecule has 4 rings (SSSR count). The molecule has 0 atom stereocenters. The smallest absolute Gasteiger partial charge is 0.263 e. The summed E-state index contributed by atoms with van der Waals surface area (Å²) in [6.07, 6.45) is 0. The first-order chi connectivity index (χ1) is 15.4. The summed E-state index contributed by atoms with van der Waals surface area (Å²) in [5.41, 5.74) is 6.74. The van der Waals surface area contributed by atoms with Crippen LogP contribution in [-0.4, -0.2) is 34.1 Å². The van der Waals surface area contributed by atoms with Gasteiger partial charge in [-0.2, -0.15) is 0 Å². The van der Waals surface area contributed by atoms with Crippen molar-refractivity contribution in [2.24, 2.45) is 0 Å². The molecule has 0 saturated carbocycles. The molecule has 0 N–H and O–H groups in total. The first-order valence-corrected chi connectivity index (χ1v) is 12.2. The van der Waals surface area contributed by atoms with Gasteiger partial charge in [0.15, 0.2) is 0 Å². The third kappa shape index (κ3) is 4.27. The second-order valence-electron chi connectivity index (χ2n) is 8.43. The number of rotatable bonds is 7. The number of likely N-dealkylation sites (N-methyl/N-ethyl adjacent to an activating group) is 1. The van der Waals surface area contributed by atoms with Gasteiger partial charge in [0, 0.05) is 29.6 Å². The number of benzene rings is 2. The van der Waals surface area contributed by atoms with Gasteiger partial charge in [0.1, 0.15) is 10.7 Å². The van der Waals surface area contributed by atoms with Crippen LogP contribution in [0.4, 0.5) is 0 Å². The summed E-state index contributed by atoms with van der Waals surface area (Å²) in [4.78, 5) is 22.1. The van der Waals surface area contributed by atoms with Crippen LogP contribution in [0.2, 0.25) is 0 Å². The fourth-order valence-electron chi connectivity index (χ4n) is 4.25. The topological polar surface area (TPSA) is 38.1 Å². The standard InChI is InChI=1S/C27H31N3OS/c1-6-29(7-2)14-15-30-25(21-11-8-18(3)9-12-21)28-26-24(27(30)31)23(17-32-26)22-13-10-19(4)16-20(22)5/h8-13,16-17H,6-7,14-15H2,1-5H3. The van der Waals surface area contributed by atoms with Crippen molar-refractivity contribution >= 4 is 21.6 Å². The van der Waals surface area contributed by atoms with Gasteiger partial charge in [-0.15, -0.1) is 11.3 Å². The summed E-state index contributed by atoms with van der Waals surface area (Å²) >= 11 is 1.56. The second-order valence-corrected chi connectivity index (χ2v) is 9.29. The maximum Gasteiger partial charge on any atom is 0.263 e. The van der Waals surface area contributed by atoms with Gasteiger partial charge in [0.25, 0.3) is 5.56 Å². The van der Waals surface area contributed by atoms with Crippen LogP contribution in [0, 0.1) is 20.8 Å². The van der Waals surface area contributed by atoms with Gasteiger partial charge in [-0.3, -0.25) is 9.36 Å². The summed E-state index contributed by atoms with van der Waals surface area (Å²) < 4.78 is 1.88. The van der Waals surface area contributed by atoms with Crippen LogP contribution in [0.5, 0.6) is 0 Å². The molecular formula is C27H31N3OS. The number of nitrogens with zero attached hydrogens (tertiary/aromatic N) is 3. The summed E-state index contributed by atoms with van der Waals surface area (Å²) in [7, 11) is 0. The summed E-state index contributed by atoms with van der Waals surface area (Å²) in [6, 6.07) is 14.7. The maximum atomic E-state index is 13.9. The number of hydrogen-bond acceptors (Lipinski definition) is 4. The van der Waals surface area contributed by atoms with Crippen LogP contribution in [0.3, 0.4) is 0 Å². The highest BCUT2D eigenvalue weighted by Gasteiger charge is 2.19. The van der Waals surface area contributed by atoms with Gasteiger partial charge < -0.3 is 4.90 Å². The van der Waals surface area contributed by atoms with E-state index in [0.717, 1.165) is 52.4 Å². The fourth-order valence-corrected chi connectivity index (χ4v) is 5.18. The van der Waals surface area contributed by atoms with Crippen molar-refractivity contribution in [1.29, 1.82) is 0 Å². The van der Waals surface area contributed by atoms with Crippen molar-refractivity contribution in [3.05, 3.63) is 74.9 Å². The van der Waals surface area contributed by atoms with Gasteiger partial charge in [-0.05, 0) is 45.0 Å². The van der Waals surface area contributed by atoms with E-state index in [1.165, 1.54) is 16.7 Å². The Bertz CT molecular complexity index is 1300. The Balaban J connectivity index is 1.92. The zero-order chi connectivity index (χ0) is 22.8. The van der Waals surface area contributed by atoms with Crippen LogP contribution in [0.1, 0.15) is 30.5 Å². The quantitative estimate of drug-likeness (QED) is 0.347. The maximum absolute atomic E-state index is 13.9. The Morgan fingerprint density at radius 1 is 0.938 bits per heavy atom. The van der Waals surface area contributed by atoms with Crippen LogP contribution in [0.15, 0.2) is 52.6 Å². The van der Waals surface area contributed by atoms with E-state index in [1.54, 1.807) is 11.3 Å². The predicted molar refractivity (Wildman–Crippen MR) is 137 cm³/mol. The number of aromatic nitrogens is 2. The molecule has 2 aromatic heterocycles. The first-order valence-electron chi connectivity index (χ1n) is 11.3. The SMILES string of the molecule is CCN(CC)CCn1c(-c2ccc(C)cc2)nc2scc(-c3ccc(C)cc3C)c2c1=O. The van der Waals surface area contributed by atoms with Gasteiger partial charge in [-0.25, -0.2) is 4.98 Å². The molecule has 0 spiro atoms. The third-order valence-electron chi connectivity index (χ3n) is 6.21. The van der Waals surface area contributed by atoms with Crippen molar-refractivity contribution in [3.8, 4) is 22.5 Å². The molecule has 4 aromatic rings. The van der Waals surface area contributed by atoms with Crippen molar-refractivity contribution in [3.63, 3.8) is 0 Å². The summed E-state index contributed by atoms with van der Waals surface area (Å²) in [6.45, 7) is 14.0. The third-order valence-corrected chi connectivity index (χ3v) is 7.08. The molecule has 0 amide bonds. The average Bonchev–Trinajstić information content (AvgIpc) is 3.20. The molecule has 5 heteroatoms. The Morgan fingerprint density at radius 2 is 1.62 bits per heavy atom. The Morgan fingerprint density at radius 3 is 2.28 bits per heavy atom. The highest BCUT2D eigenvalue weighted by molar-refractivity contribution is 7.17. The van der Waals surface area contributed by atoms with Crippen LogP contribution < -0.4 is 5.56 Å². The van der Waals surface area contributed by atoms with E-state index in [1.807, 2.05) is 4.57 Å². The molecule has 4 nitrogen and oxygen atoms in total. The molecule has 0 saturated heterocycles. The molecular weight excluding hydrogens is 414 g/mol. The van der Waals surface area contributed by atoms with Gasteiger partial charge in [0.2, 0.25) is 0 Å².